The lowest BCUT2D eigenvalue weighted by Crippen LogP contribution is -2.34. The van der Waals surface area contributed by atoms with Crippen molar-refractivity contribution >= 4 is 0 Å². The molecule has 1 unspecified atom stereocenters. The van der Waals surface area contributed by atoms with E-state index in [-0.39, 0.29) is 0 Å². The zero-order valence-corrected chi connectivity index (χ0v) is 6.18. The van der Waals surface area contributed by atoms with Crippen LogP contribution in [0.5, 0.6) is 0 Å². The minimum absolute atomic E-state index is 0.443. The zero-order valence-electron chi connectivity index (χ0n) is 6.18. The molecule has 0 saturated carbocycles. The van der Waals surface area contributed by atoms with Gasteiger partial charge in [0.2, 0.25) is 0 Å². The third-order valence-electron chi connectivity index (χ3n) is 1.75. The molecular formula is C7H15NO. The van der Waals surface area contributed by atoms with Crippen molar-refractivity contribution in [3.8, 4) is 0 Å². The van der Waals surface area contributed by atoms with Crippen molar-refractivity contribution in [2.24, 2.45) is 5.92 Å². The van der Waals surface area contributed by atoms with Crippen LogP contribution < -0.4 is 5.48 Å². The average molecular weight is 129 g/mol. The molecular weight excluding hydrogens is 114 g/mol. The van der Waals surface area contributed by atoms with Gasteiger partial charge in [0.05, 0.1) is 6.10 Å². The van der Waals surface area contributed by atoms with Gasteiger partial charge in [-0.15, -0.1) is 0 Å². The second-order valence-corrected chi connectivity index (χ2v) is 2.94. The molecule has 2 nitrogen and oxygen atoms in total. The summed E-state index contributed by atoms with van der Waals surface area (Å²) in [6.45, 7) is 5.40. The van der Waals surface area contributed by atoms with Crippen molar-refractivity contribution in [3.63, 3.8) is 0 Å². The highest BCUT2D eigenvalue weighted by atomic mass is 16.7. The van der Waals surface area contributed by atoms with Crippen molar-refractivity contribution in [1.82, 2.24) is 5.48 Å². The predicted molar refractivity (Wildman–Crippen MR) is 36.9 cm³/mol. The molecule has 1 heterocycles. The monoisotopic (exact) mass is 129 g/mol. The third-order valence-corrected chi connectivity index (χ3v) is 1.75. The van der Waals surface area contributed by atoms with Crippen LogP contribution in [0.25, 0.3) is 0 Å². The molecule has 1 rings (SSSR count). The molecule has 0 aliphatic carbocycles. The predicted octanol–water partition coefficient (Wildman–Crippen LogP) is 1.33. The van der Waals surface area contributed by atoms with Gasteiger partial charge < -0.3 is 0 Å². The Labute approximate surface area is 56.5 Å². The lowest BCUT2D eigenvalue weighted by molar-refractivity contribution is -0.0763. The smallest absolute Gasteiger partial charge is 0.0813 e. The van der Waals surface area contributed by atoms with E-state index in [1.807, 2.05) is 0 Å². The molecule has 0 aromatic rings. The average Bonchev–Trinajstić information content (AvgIpc) is 1.90. The van der Waals surface area contributed by atoms with Crippen LogP contribution in [0.4, 0.5) is 0 Å². The molecule has 1 aliphatic heterocycles. The highest BCUT2D eigenvalue weighted by Crippen LogP contribution is 2.13. The first-order valence-corrected chi connectivity index (χ1v) is 3.69. The SMILES string of the molecule is CC(C)C1CCCNO1. The van der Waals surface area contributed by atoms with Gasteiger partial charge in [-0.25, -0.2) is 5.48 Å². The van der Waals surface area contributed by atoms with Crippen LogP contribution >= 0.6 is 0 Å². The quantitative estimate of drug-likeness (QED) is 0.576. The summed E-state index contributed by atoms with van der Waals surface area (Å²) in [4.78, 5) is 5.29. The zero-order chi connectivity index (χ0) is 6.69. The highest BCUT2D eigenvalue weighted by Gasteiger charge is 2.16. The van der Waals surface area contributed by atoms with Gasteiger partial charge >= 0.3 is 0 Å². The minimum Gasteiger partial charge on any atom is -0.298 e. The molecule has 0 spiro atoms. The molecule has 1 N–H and O–H groups in total. The molecule has 0 amide bonds. The van der Waals surface area contributed by atoms with Crippen LogP contribution in [0, 0.1) is 5.92 Å². The molecule has 2 heteroatoms. The summed E-state index contributed by atoms with van der Waals surface area (Å²) < 4.78 is 0. The number of hydroxylamine groups is 1. The molecule has 0 radical (unpaired) electrons. The molecule has 9 heavy (non-hydrogen) atoms. The van der Waals surface area contributed by atoms with Crippen molar-refractivity contribution < 1.29 is 4.84 Å². The number of hydrogen-bond acceptors (Lipinski definition) is 2. The summed E-state index contributed by atoms with van der Waals surface area (Å²) >= 11 is 0. The normalized spacial score (nSPS) is 29.0. The summed E-state index contributed by atoms with van der Waals surface area (Å²) in [7, 11) is 0. The first kappa shape index (κ1) is 7.03. The van der Waals surface area contributed by atoms with Gasteiger partial charge in [-0.1, -0.05) is 13.8 Å². The Kier molecular flexibility index (Phi) is 2.49. The van der Waals surface area contributed by atoms with E-state index in [1.165, 1.54) is 12.8 Å². The Morgan fingerprint density at radius 3 is 2.67 bits per heavy atom. The number of rotatable bonds is 1. The van der Waals surface area contributed by atoms with Gasteiger partial charge in [0.1, 0.15) is 0 Å². The van der Waals surface area contributed by atoms with E-state index in [9.17, 15) is 0 Å². The van der Waals surface area contributed by atoms with Crippen LogP contribution in [0.1, 0.15) is 26.7 Å². The maximum atomic E-state index is 5.29. The Bertz CT molecular complexity index is 77.0. The van der Waals surface area contributed by atoms with Crippen molar-refractivity contribution in [2.45, 2.75) is 32.8 Å². The molecule has 1 atom stereocenters. The first-order chi connectivity index (χ1) is 4.30. The lowest BCUT2D eigenvalue weighted by Gasteiger charge is -2.25. The molecule has 0 aromatic heterocycles. The van der Waals surface area contributed by atoms with Crippen LogP contribution in [0.2, 0.25) is 0 Å². The van der Waals surface area contributed by atoms with Crippen LogP contribution in [0.3, 0.4) is 0 Å². The molecule has 0 bridgehead atoms. The van der Waals surface area contributed by atoms with Gasteiger partial charge in [0.25, 0.3) is 0 Å². The maximum absolute atomic E-state index is 5.29. The van der Waals surface area contributed by atoms with Gasteiger partial charge in [-0.2, -0.15) is 0 Å². The number of hydrogen-bond donors (Lipinski definition) is 1. The summed E-state index contributed by atoms with van der Waals surface area (Å²) in [6.07, 6.45) is 2.91. The third kappa shape index (κ3) is 1.95. The lowest BCUT2D eigenvalue weighted by atomic mass is 10.0. The van der Waals surface area contributed by atoms with E-state index in [0.29, 0.717) is 12.0 Å². The largest absolute Gasteiger partial charge is 0.298 e. The van der Waals surface area contributed by atoms with E-state index >= 15 is 0 Å². The van der Waals surface area contributed by atoms with Gasteiger partial charge in [-0.3, -0.25) is 4.84 Å². The molecule has 54 valence electrons. The number of nitrogens with one attached hydrogen (secondary N) is 1. The minimum atomic E-state index is 0.443. The molecule has 1 fully saturated rings. The molecule has 0 aromatic carbocycles. The van der Waals surface area contributed by atoms with Crippen molar-refractivity contribution in [1.29, 1.82) is 0 Å². The molecule has 1 aliphatic rings. The highest BCUT2D eigenvalue weighted by molar-refractivity contribution is 4.64. The van der Waals surface area contributed by atoms with Gasteiger partial charge in [-0.05, 0) is 18.8 Å². The summed E-state index contributed by atoms with van der Waals surface area (Å²) in [5.41, 5.74) is 2.92. The van der Waals surface area contributed by atoms with Gasteiger partial charge in [0.15, 0.2) is 0 Å². The Balaban J connectivity index is 2.23. The van der Waals surface area contributed by atoms with Crippen molar-refractivity contribution in [2.75, 3.05) is 6.54 Å². The van der Waals surface area contributed by atoms with E-state index in [1.54, 1.807) is 0 Å². The van der Waals surface area contributed by atoms with Crippen LogP contribution in [-0.4, -0.2) is 12.6 Å². The van der Waals surface area contributed by atoms with E-state index in [0.717, 1.165) is 6.54 Å². The fourth-order valence-corrected chi connectivity index (χ4v) is 1.07. The Morgan fingerprint density at radius 1 is 1.56 bits per heavy atom. The van der Waals surface area contributed by atoms with E-state index in [2.05, 4.69) is 19.3 Å². The maximum Gasteiger partial charge on any atom is 0.0813 e. The van der Waals surface area contributed by atoms with E-state index < -0.39 is 0 Å². The summed E-state index contributed by atoms with van der Waals surface area (Å²) in [5.74, 6) is 0.651. The van der Waals surface area contributed by atoms with Crippen LogP contribution in [0.15, 0.2) is 0 Å². The fourth-order valence-electron chi connectivity index (χ4n) is 1.07. The summed E-state index contributed by atoms with van der Waals surface area (Å²) in [5, 5.41) is 0. The molecule has 1 saturated heterocycles. The summed E-state index contributed by atoms with van der Waals surface area (Å²) in [6, 6.07) is 0. The Hall–Kier alpha value is -0.0800. The second-order valence-electron chi connectivity index (χ2n) is 2.94. The second kappa shape index (κ2) is 3.18. The Morgan fingerprint density at radius 2 is 2.33 bits per heavy atom. The topological polar surface area (TPSA) is 21.3 Å². The standard InChI is InChI=1S/C7H15NO/c1-6(2)7-4-3-5-8-9-7/h6-8H,3-5H2,1-2H3. The first-order valence-electron chi connectivity index (χ1n) is 3.69. The van der Waals surface area contributed by atoms with Gasteiger partial charge in [0, 0.05) is 6.54 Å². The van der Waals surface area contributed by atoms with Crippen LogP contribution in [-0.2, 0) is 4.84 Å². The van der Waals surface area contributed by atoms with E-state index in [4.69, 9.17) is 4.84 Å². The fraction of sp³-hybridized carbons (Fsp3) is 1.00. The van der Waals surface area contributed by atoms with Crippen molar-refractivity contribution in [3.05, 3.63) is 0 Å².